The van der Waals surface area contributed by atoms with Crippen molar-refractivity contribution in [1.82, 2.24) is 15.0 Å². The Morgan fingerprint density at radius 3 is 2.33 bits per heavy atom. The zero-order chi connectivity index (χ0) is 28.4. The fourth-order valence-corrected chi connectivity index (χ4v) is 4.39. The molecule has 0 atom stereocenters. The lowest BCUT2D eigenvalue weighted by molar-refractivity contribution is 0.0696. The molecule has 0 aliphatic carbocycles. The molecule has 0 saturated carbocycles. The highest BCUT2D eigenvalue weighted by Crippen LogP contribution is 2.36. The van der Waals surface area contributed by atoms with Crippen molar-refractivity contribution in [3.8, 4) is 34.1 Å². The van der Waals surface area contributed by atoms with Gasteiger partial charge in [0.15, 0.2) is 0 Å². The van der Waals surface area contributed by atoms with E-state index in [9.17, 15) is 14.7 Å². The number of carbonyl (C=O) groups is 2. The molecule has 2 heterocycles. The average Bonchev–Trinajstić information content (AvgIpc) is 2.96. The van der Waals surface area contributed by atoms with Crippen LogP contribution in [0.2, 0.25) is 5.02 Å². The standard InChI is InChI=1S/C29H22ClN5O5/c1-39-27-22(13-33-29(35-27)40-2)16-5-8-21-24(12-16)32-14-23(26(31)36)25(21)34-20-10-17(9-18(11-20)28(37)38)15-3-6-19(30)7-4-15/h3-14H,1-2H3,(H2,31,36)(H,32,34)(H,37,38). The number of hydrogen-bond donors (Lipinski definition) is 3. The number of nitrogens with two attached hydrogens (primary N) is 1. The Bertz CT molecular complexity index is 1780. The molecule has 0 aliphatic heterocycles. The number of amides is 1. The van der Waals surface area contributed by atoms with Crippen molar-refractivity contribution in [3.05, 3.63) is 89.2 Å². The van der Waals surface area contributed by atoms with Crippen molar-refractivity contribution in [2.75, 3.05) is 19.5 Å². The van der Waals surface area contributed by atoms with E-state index in [-0.39, 0.29) is 17.1 Å². The molecule has 40 heavy (non-hydrogen) atoms. The Labute approximate surface area is 233 Å². The first-order valence-corrected chi connectivity index (χ1v) is 12.2. The van der Waals surface area contributed by atoms with Gasteiger partial charge in [0.2, 0.25) is 5.88 Å². The molecule has 0 spiro atoms. The molecule has 0 radical (unpaired) electrons. The van der Waals surface area contributed by atoms with E-state index in [4.69, 9.17) is 26.8 Å². The molecular weight excluding hydrogens is 534 g/mol. The molecular formula is C29H22ClN5O5. The minimum absolute atomic E-state index is 0.0582. The number of carbonyl (C=O) groups excluding carboxylic acids is 1. The zero-order valence-electron chi connectivity index (χ0n) is 21.3. The van der Waals surface area contributed by atoms with Crippen LogP contribution in [0, 0.1) is 0 Å². The lowest BCUT2D eigenvalue weighted by Crippen LogP contribution is -2.14. The third-order valence-corrected chi connectivity index (χ3v) is 6.43. The first kappa shape index (κ1) is 26.4. The van der Waals surface area contributed by atoms with Gasteiger partial charge in [0, 0.05) is 28.5 Å². The monoisotopic (exact) mass is 555 g/mol. The van der Waals surface area contributed by atoms with E-state index in [1.54, 1.807) is 60.8 Å². The molecule has 0 unspecified atom stereocenters. The second-order valence-corrected chi connectivity index (χ2v) is 9.10. The van der Waals surface area contributed by atoms with Crippen LogP contribution < -0.4 is 20.5 Å². The highest BCUT2D eigenvalue weighted by atomic mass is 35.5. The Kier molecular flexibility index (Phi) is 7.17. The number of fused-ring (bicyclic) bond motifs is 1. The van der Waals surface area contributed by atoms with Gasteiger partial charge in [0.05, 0.1) is 42.1 Å². The Morgan fingerprint density at radius 2 is 1.65 bits per heavy atom. The largest absolute Gasteiger partial charge is 0.480 e. The summed E-state index contributed by atoms with van der Waals surface area (Å²) in [4.78, 5) is 37.2. The summed E-state index contributed by atoms with van der Waals surface area (Å²) in [6.45, 7) is 0. The van der Waals surface area contributed by atoms with Gasteiger partial charge in [0.1, 0.15) is 0 Å². The number of hydrogen-bond acceptors (Lipinski definition) is 8. The number of pyridine rings is 1. The number of primary amides is 1. The van der Waals surface area contributed by atoms with Gasteiger partial charge in [-0.3, -0.25) is 9.78 Å². The van der Waals surface area contributed by atoms with Crippen molar-refractivity contribution in [2.45, 2.75) is 0 Å². The highest BCUT2D eigenvalue weighted by Gasteiger charge is 2.18. The van der Waals surface area contributed by atoms with E-state index < -0.39 is 11.9 Å². The third-order valence-electron chi connectivity index (χ3n) is 6.18. The maximum Gasteiger partial charge on any atom is 0.335 e. The molecule has 5 rings (SSSR count). The molecule has 10 nitrogen and oxygen atoms in total. The lowest BCUT2D eigenvalue weighted by atomic mass is 10.0. The van der Waals surface area contributed by atoms with Crippen molar-refractivity contribution in [3.63, 3.8) is 0 Å². The SMILES string of the molecule is COc1ncc(-c2ccc3c(Nc4cc(C(=O)O)cc(-c5ccc(Cl)cc5)c4)c(C(N)=O)cnc3c2)c(OC)n1. The first-order chi connectivity index (χ1) is 19.3. The predicted molar refractivity (Wildman–Crippen MR) is 152 cm³/mol. The minimum atomic E-state index is -1.10. The molecule has 0 bridgehead atoms. The van der Waals surface area contributed by atoms with Gasteiger partial charge >= 0.3 is 12.0 Å². The fraction of sp³-hybridized carbons (Fsp3) is 0.0690. The summed E-state index contributed by atoms with van der Waals surface area (Å²) >= 11 is 6.03. The maximum absolute atomic E-state index is 12.4. The average molecular weight is 556 g/mol. The molecule has 11 heteroatoms. The second-order valence-electron chi connectivity index (χ2n) is 8.66. The number of carboxylic acid groups (broad SMARTS) is 1. The van der Waals surface area contributed by atoms with E-state index in [1.165, 1.54) is 26.5 Å². The molecule has 5 aromatic rings. The molecule has 0 aliphatic rings. The second kappa shape index (κ2) is 10.9. The minimum Gasteiger partial charge on any atom is -0.480 e. The summed E-state index contributed by atoms with van der Waals surface area (Å²) < 4.78 is 10.5. The van der Waals surface area contributed by atoms with Gasteiger partial charge < -0.3 is 25.6 Å². The molecule has 2 aromatic heterocycles. The Balaban J connectivity index is 1.63. The lowest BCUT2D eigenvalue weighted by Gasteiger charge is -2.16. The third kappa shape index (κ3) is 5.20. The Morgan fingerprint density at radius 1 is 0.900 bits per heavy atom. The zero-order valence-corrected chi connectivity index (χ0v) is 22.1. The molecule has 1 amide bonds. The van der Waals surface area contributed by atoms with E-state index in [0.29, 0.717) is 44.3 Å². The van der Waals surface area contributed by atoms with Gasteiger partial charge in [-0.1, -0.05) is 35.9 Å². The number of aromatic carboxylic acids is 1. The van der Waals surface area contributed by atoms with Gasteiger partial charge in [-0.2, -0.15) is 4.98 Å². The summed E-state index contributed by atoms with van der Waals surface area (Å²) in [6, 6.07) is 17.4. The van der Waals surface area contributed by atoms with Crippen LogP contribution in [0.4, 0.5) is 11.4 Å². The highest BCUT2D eigenvalue weighted by molar-refractivity contribution is 6.30. The maximum atomic E-state index is 12.4. The molecule has 0 saturated heterocycles. The van der Waals surface area contributed by atoms with E-state index in [0.717, 1.165) is 11.1 Å². The van der Waals surface area contributed by atoms with Gasteiger partial charge in [-0.05, 0) is 53.1 Å². The van der Waals surface area contributed by atoms with Crippen LogP contribution >= 0.6 is 11.6 Å². The van der Waals surface area contributed by atoms with Gasteiger partial charge in [-0.15, -0.1) is 0 Å². The number of aromatic nitrogens is 3. The number of benzene rings is 3. The number of nitrogens with zero attached hydrogens (tertiary/aromatic N) is 3. The summed E-state index contributed by atoms with van der Waals surface area (Å²) in [5, 5.41) is 14.1. The van der Waals surface area contributed by atoms with Crippen molar-refractivity contribution < 1.29 is 24.2 Å². The molecule has 0 fully saturated rings. The first-order valence-electron chi connectivity index (χ1n) is 11.9. The summed E-state index contributed by atoms with van der Waals surface area (Å²) in [6.07, 6.45) is 2.96. The quantitative estimate of drug-likeness (QED) is 0.223. The summed E-state index contributed by atoms with van der Waals surface area (Å²) in [5.74, 6) is -1.48. The van der Waals surface area contributed by atoms with Crippen molar-refractivity contribution >= 4 is 45.8 Å². The molecule has 4 N–H and O–H groups in total. The number of anilines is 2. The van der Waals surface area contributed by atoms with E-state index >= 15 is 0 Å². The topological polar surface area (TPSA) is 150 Å². The van der Waals surface area contributed by atoms with Crippen LogP contribution in [0.5, 0.6) is 11.9 Å². The van der Waals surface area contributed by atoms with Crippen LogP contribution in [-0.2, 0) is 0 Å². The van der Waals surface area contributed by atoms with Crippen LogP contribution in [0.15, 0.2) is 73.1 Å². The van der Waals surface area contributed by atoms with Crippen LogP contribution in [0.3, 0.4) is 0 Å². The fourth-order valence-electron chi connectivity index (χ4n) is 4.26. The van der Waals surface area contributed by atoms with Gasteiger partial charge in [0.25, 0.3) is 5.91 Å². The van der Waals surface area contributed by atoms with Crippen LogP contribution in [0.1, 0.15) is 20.7 Å². The smallest absolute Gasteiger partial charge is 0.335 e. The van der Waals surface area contributed by atoms with E-state index in [2.05, 4.69) is 20.3 Å². The molecule has 200 valence electrons. The van der Waals surface area contributed by atoms with Crippen molar-refractivity contribution in [1.29, 1.82) is 0 Å². The number of nitrogens with one attached hydrogen (secondary N) is 1. The number of halogens is 1. The molecule has 3 aromatic carbocycles. The van der Waals surface area contributed by atoms with Gasteiger partial charge in [-0.25, -0.2) is 9.78 Å². The number of ether oxygens (including phenoxy) is 2. The van der Waals surface area contributed by atoms with Crippen LogP contribution in [-0.4, -0.2) is 46.2 Å². The van der Waals surface area contributed by atoms with Crippen molar-refractivity contribution in [2.24, 2.45) is 5.73 Å². The summed E-state index contributed by atoms with van der Waals surface area (Å²) in [5.41, 5.74) is 9.99. The van der Waals surface area contributed by atoms with E-state index in [1.807, 2.05) is 0 Å². The Hall–Kier alpha value is -5.22. The normalized spacial score (nSPS) is 10.8. The summed E-state index contributed by atoms with van der Waals surface area (Å²) in [7, 11) is 2.96. The van der Waals surface area contributed by atoms with Crippen LogP contribution in [0.25, 0.3) is 33.2 Å². The number of methoxy groups -OCH3 is 2. The number of carboxylic acids is 1. The predicted octanol–water partition coefficient (Wildman–Crippen LogP) is 5.57. The number of rotatable bonds is 8.